The molecule has 0 fully saturated rings. The third-order valence-electron chi connectivity index (χ3n) is 2.42. The average Bonchev–Trinajstić information content (AvgIpc) is 2.81. The van der Waals surface area contributed by atoms with Crippen LogP contribution in [-0.2, 0) is 13.0 Å². The molecule has 2 rings (SSSR count). The van der Waals surface area contributed by atoms with Gasteiger partial charge in [-0.3, -0.25) is 0 Å². The van der Waals surface area contributed by atoms with Crippen molar-refractivity contribution < 1.29 is 4.74 Å². The first-order valence-electron chi connectivity index (χ1n) is 5.72. The van der Waals surface area contributed by atoms with Crippen LogP contribution in [0.4, 0.5) is 0 Å². The van der Waals surface area contributed by atoms with E-state index in [4.69, 9.17) is 27.9 Å². The molecule has 0 saturated heterocycles. The van der Waals surface area contributed by atoms with Crippen LogP contribution in [0.2, 0.25) is 10.0 Å². The van der Waals surface area contributed by atoms with Crippen LogP contribution in [0.5, 0.6) is 5.75 Å². The Labute approximate surface area is 129 Å². The number of halogens is 3. The molecule has 7 heteroatoms. The number of para-hydroxylation sites is 1. The Bertz CT molecular complexity index is 527. The number of aryl methyl sites for hydroxylation is 1. The molecule has 102 valence electrons. The summed E-state index contributed by atoms with van der Waals surface area (Å²) in [5.74, 6) is 0.506. The van der Waals surface area contributed by atoms with Gasteiger partial charge in [0.2, 0.25) is 0 Å². The highest BCUT2D eigenvalue weighted by Gasteiger charge is 2.06. The van der Waals surface area contributed by atoms with Crippen molar-refractivity contribution in [1.82, 2.24) is 15.0 Å². The minimum atomic E-state index is 0.431. The quantitative estimate of drug-likeness (QED) is 0.735. The molecule has 4 nitrogen and oxygen atoms in total. The summed E-state index contributed by atoms with van der Waals surface area (Å²) in [4.78, 5) is 0. The second-order valence-electron chi connectivity index (χ2n) is 3.81. The molecule has 1 aromatic heterocycles. The molecule has 0 bridgehead atoms. The molecule has 0 amide bonds. The fourth-order valence-corrected chi connectivity index (χ4v) is 2.43. The molecule has 1 aromatic carbocycles. The Morgan fingerprint density at radius 1 is 1.26 bits per heavy atom. The fourth-order valence-electron chi connectivity index (χ4n) is 1.52. The first-order chi connectivity index (χ1) is 9.20. The molecule has 2 aromatic rings. The van der Waals surface area contributed by atoms with E-state index in [1.54, 1.807) is 22.9 Å². The smallest absolute Gasteiger partial charge is 0.156 e. The normalized spacial score (nSPS) is 10.7. The van der Waals surface area contributed by atoms with E-state index < -0.39 is 0 Å². The van der Waals surface area contributed by atoms with Gasteiger partial charge in [-0.1, -0.05) is 50.4 Å². The van der Waals surface area contributed by atoms with E-state index in [2.05, 4.69) is 26.2 Å². The van der Waals surface area contributed by atoms with Crippen molar-refractivity contribution in [3.8, 4) is 5.75 Å². The van der Waals surface area contributed by atoms with Gasteiger partial charge in [0, 0.05) is 17.9 Å². The lowest BCUT2D eigenvalue weighted by molar-refractivity contribution is 0.290. The van der Waals surface area contributed by atoms with Crippen LogP contribution < -0.4 is 4.74 Å². The number of aromatic nitrogens is 3. The maximum absolute atomic E-state index is 6.01. The highest BCUT2D eigenvalue weighted by Crippen LogP contribution is 2.32. The van der Waals surface area contributed by atoms with E-state index in [0.29, 0.717) is 28.9 Å². The van der Waals surface area contributed by atoms with Gasteiger partial charge in [-0.2, -0.15) is 0 Å². The minimum absolute atomic E-state index is 0.431. The summed E-state index contributed by atoms with van der Waals surface area (Å²) in [6.45, 7) is 1.03. The lowest BCUT2D eigenvalue weighted by Gasteiger charge is -2.09. The van der Waals surface area contributed by atoms with Crippen LogP contribution in [0.15, 0.2) is 24.4 Å². The molecule has 1 heterocycles. The summed E-state index contributed by atoms with van der Waals surface area (Å²) in [6.07, 6.45) is 2.76. The summed E-state index contributed by atoms with van der Waals surface area (Å²) < 4.78 is 7.32. The van der Waals surface area contributed by atoms with Gasteiger partial charge in [0.1, 0.15) is 6.61 Å². The molecule has 0 aliphatic rings. The Morgan fingerprint density at radius 2 is 2.00 bits per heavy atom. The Kier molecular flexibility index (Phi) is 5.48. The zero-order valence-electron chi connectivity index (χ0n) is 10.0. The monoisotopic (exact) mass is 363 g/mol. The maximum Gasteiger partial charge on any atom is 0.156 e. The van der Waals surface area contributed by atoms with Crippen molar-refractivity contribution in [1.29, 1.82) is 0 Å². The molecule has 0 saturated carbocycles. The maximum atomic E-state index is 6.01. The third kappa shape index (κ3) is 4.09. The van der Waals surface area contributed by atoms with Crippen molar-refractivity contribution in [3.05, 3.63) is 40.1 Å². The van der Waals surface area contributed by atoms with Crippen molar-refractivity contribution in [3.63, 3.8) is 0 Å². The zero-order chi connectivity index (χ0) is 13.7. The standard InChI is InChI=1S/C12H12BrCl2N3O/c13-5-4-9-8-18(17-16-9)6-7-19-12-10(14)2-1-3-11(12)15/h1-3,8H,4-7H2. The second-order valence-corrected chi connectivity index (χ2v) is 5.42. The SMILES string of the molecule is Clc1cccc(Cl)c1OCCn1cc(CCBr)nn1. The van der Waals surface area contributed by atoms with Crippen LogP contribution in [-0.4, -0.2) is 26.9 Å². The second kappa shape index (κ2) is 7.12. The first-order valence-corrected chi connectivity index (χ1v) is 7.60. The van der Waals surface area contributed by atoms with Crippen molar-refractivity contribution in [2.24, 2.45) is 0 Å². The van der Waals surface area contributed by atoms with Gasteiger partial charge in [-0.25, -0.2) is 4.68 Å². The summed E-state index contributed by atoms with van der Waals surface area (Å²) in [6, 6.07) is 5.26. The number of alkyl halides is 1. The van der Waals surface area contributed by atoms with Gasteiger partial charge in [-0.05, 0) is 12.1 Å². The van der Waals surface area contributed by atoms with Crippen molar-refractivity contribution in [2.75, 3.05) is 11.9 Å². The molecule has 0 spiro atoms. The van der Waals surface area contributed by atoms with Crippen LogP contribution >= 0.6 is 39.1 Å². The molecule has 0 N–H and O–H groups in total. The van der Waals surface area contributed by atoms with Gasteiger partial charge in [0.15, 0.2) is 5.75 Å². The van der Waals surface area contributed by atoms with E-state index in [9.17, 15) is 0 Å². The van der Waals surface area contributed by atoms with Crippen molar-refractivity contribution >= 4 is 39.1 Å². The molecule has 0 atom stereocenters. The average molecular weight is 365 g/mol. The Morgan fingerprint density at radius 3 is 2.68 bits per heavy atom. The van der Waals surface area contributed by atoms with Crippen LogP contribution in [0.3, 0.4) is 0 Å². The Hall–Kier alpha value is -0.780. The summed E-state index contributed by atoms with van der Waals surface area (Å²) in [7, 11) is 0. The Balaban J connectivity index is 1.89. The molecule has 0 aliphatic heterocycles. The topological polar surface area (TPSA) is 39.9 Å². The van der Waals surface area contributed by atoms with Crippen LogP contribution in [0.1, 0.15) is 5.69 Å². The van der Waals surface area contributed by atoms with Gasteiger partial charge in [-0.15, -0.1) is 5.10 Å². The number of rotatable bonds is 6. The molecule has 0 radical (unpaired) electrons. The molecule has 0 unspecified atom stereocenters. The number of hydrogen-bond acceptors (Lipinski definition) is 3. The van der Waals surface area contributed by atoms with E-state index >= 15 is 0 Å². The van der Waals surface area contributed by atoms with Crippen LogP contribution in [0.25, 0.3) is 0 Å². The molecule has 0 aliphatic carbocycles. The number of nitrogens with zero attached hydrogens (tertiary/aromatic N) is 3. The van der Waals surface area contributed by atoms with Crippen molar-refractivity contribution in [2.45, 2.75) is 13.0 Å². The fraction of sp³-hybridized carbons (Fsp3) is 0.333. The van der Waals surface area contributed by atoms with E-state index in [1.165, 1.54) is 0 Å². The lowest BCUT2D eigenvalue weighted by atomic mass is 10.3. The largest absolute Gasteiger partial charge is 0.489 e. The lowest BCUT2D eigenvalue weighted by Crippen LogP contribution is -2.09. The van der Waals surface area contributed by atoms with Gasteiger partial charge in [0.25, 0.3) is 0 Å². The van der Waals surface area contributed by atoms with E-state index in [1.807, 2.05) is 6.20 Å². The highest BCUT2D eigenvalue weighted by atomic mass is 79.9. The highest BCUT2D eigenvalue weighted by molar-refractivity contribution is 9.09. The molecular weight excluding hydrogens is 353 g/mol. The third-order valence-corrected chi connectivity index (χ3v) is 3.41. The van der Waals surface area contributed by atoms with Crippen LogP contribution in [0, 0.1) is 0 Å². The summed E-state index contributed by atoms with van der Waals surface area (Å²) in [5.41, 5.74) is 0.952. The zero-order valence-corrected chi connectivity index (χ0v) is 13.1. The predicted octanol–water partition coefficient (Wildman–Crippen LogP) is 3.60. The summed E-state index contributed by atoms with van der Waals surface area (Å²) in [5, 5.41) is 9.94. The number of hydrogen-bond donors (Lipinski definition) is 0. The molecular formula is C12H12BrCl2N3O. The minimum Gasteiger partial charge on any atom is -0.489 e. The summed E-state index contributed by atoms with van der Waals surface area (Å²) >= 11 is 15.4. The van der Waals surface area contributed by atoms with E-state index in [-0.39, 0.29) is 0 Å². The predicted molar refractivity (Wildman–Crippen MR) is 79.5 cm³/mol. The molecule has 19 heavy (non-hydrogen) atoms. The van der Waals surface area contributed by atoms with Gasteiger partial charge in [0.05, 0.1) is 22.3 Å². The van der Waals surface area contributed by atoms with E-state index in [0.717, 1.165) is 17.4 Å². The first kappa shape index (κ1) is 14.6. The van der Waals surface area contributed by atoms with Gasteiger partial charge >= 0.3 is 0 Å². The van der Waals surface area contributed by atoms with Gasteiger partial charge < -0.3 is 4.74 Å². The number of ether oxygens (including phenoxy) is 1. The number of benzene rings is 1.